The fourth-order valence-corrected chi connectivity index (χ4v) is 1.96. The zero-order valence-electron chi connectivity index (χ0n) is 6.85. The molecule has 2 heterocycles. The molecule has 0 atom stereocenters. The minimum Gasteiger partial charge on any atom is -0.162 e. The van der Waals surface area contributed by atoms with Gasteiger partial charge in [-0.25, -0.2) is 0 Å². The van der Waals surface area contributed by atoms with Gasteiger partial charge in [0.15, 0.2) is 0 Å². The summed E-state index contributed by atoms with van der Waals surface area (Å²) in [6.07, 6.45) is 1.46. The molecule has 0 aromatic carbocycles. The molecule has 0 aliphatic carbocycles. The van der Waals surface area contributed by atoms with Crippen molar-refractivity contribution in [3.05, 3.63) is 0 Å². The van der Waals surface area contributed by atoms with Crippen molar-refractivity contribution in [2.75, 3.05) is 23.0 Å². The Morgan fingerprint density at radius 1 is 1.00 bits per heavy atom. The summed E-state index contributed by atoms with van der Waals surface area (Å²) in [4.78, 5) is 0. The van der Waals surface area contributed by atoms with Gasteiger partial charge in [0.25, 0.3) is 0 Å². The number of hydrogen-bond acceptors (Lipinski definition) is 2. The van der Waals surface area contributed by atoms with Crippen LogP contribution in [0.25, 0.3) is 0 Å². The van der Waals surface area contributed by atoms with E-state index in [9.17, 15) is 0 Å². The molecule has 60 valence electrons. The highest BCUT2D eigenvalue weighted by Crippen LogP contribution is 2.35. The lowest BCUT2D eigenvalue weighted by atomic mass is 9.99. The van der Waals surface area contributed by atoms with E-state index < -0.39 is 0 Å². The molecular formula is C8H16S2. The average Bonchev–Trinajstić information content (AvgIpc) is 1.57. The van der Waals surface area contributed by atoms with E-state index in [0.717, 1.165) is 0 Å². The van der Waals surface area contributed by atoms with Crippen LogP contribution in [0.15, 0.2) is 0 Å². The third kappa shape index (κ3) is 3.20. The smallest absolute Gasteiger partial charge is 0.000799 e. The lowest BCUT2D eigenvalue weighted by Gasteiger charge is -2.32. The highest BCUT2D eigenvalue weighted by atomic mass is 32.2. The monoisotopic (exact) mass is 176 g/mol. The molecule has 2 aliphatic rings. The SMILES string of the molecule is C1CSC1.CC1(C)CSC1. The van der Waals surface area contributed by atoms with Crippen molar-refractivity contribution in [1.82, 2.24) is 0 Å². The zero-order valence-corrected chi connectivity index (χ0v) is 8.49. The summed E-state index contributed by atoms with van der Waals surface area (Å²) in [6.45, 7) is 4.62. The quantitative estimate of drug-likeness (QED) is 0.556. The first-order valence-corrected chi connectivity index (χ1v) is 6.17. The maximum Gasteiger partial charge on any atom is -0.000799 e. The minimum atomic E-state index is 0.685. The van der Waals surface area contributed by atoms with Gasteiger partial charge in [0.2, 0.25) is 0 Å². The number of hydrogen-bond donors (Lipinski definition) is 0. The highest BCUT2D eigenvalue weighted by molar-refractivity contribution is 8.00. The van der Waals surface area contributed by atoms with Gasteiger partial charge in [0.1, 0.15) is 0 Å². The van der Waals surface area contributed by atoms with E-state index in [2.05, 4.69) is 13.8 Å². The molecule has 0 bridgehead atoms. The van der Waals surface area contributed by atoms with Crippen LogP contribution in [-0.4, -0.2) is 23.0 Å². The third-order valence-electron chi connectivity index (χ3n) is 1.56. The molecule has 0 spiro atoms. The lowest BCUT2D eigenvalue weighted by Crippen LogP contribution is -2.27. The highest BCUT2D eigenvalue weighted by Gasteiger charge is 2.25. The Labute approximate surface area is 72.5 Å². The van der Waals surface area contributed by atoms with Gasteiger partial charge < -0.3 is 0 Å². The Hall–Kier alpha value is 0.700. The molecule has 0 amide bonds. The summed E-state index contributed by atoms with van der Waals surface area (Å²) in [5.41, 5.74) is 0.685. The van der Waals surface area contributed by atoms with Crippen molar-refractivity contribution < 1.29 is 0 Å². The Balaban J connectivity index is 0.000000108. The number of thioether (sulfide) groups is 2. The van der Waals surface area contributed by atoms with E-state index in [1.807, 2.05) is 23.5 Å². The second kappa shape index (κ2) is 3.91. The fourth-order valence-electron chi connectivity index (χ4n) is 0.655. The van der Waals surface area contributed by atoms with Crippen LogP contribution in [0.2, 0.25) is 0 Å². The Morgan fingerprint density at radius 2 is 1.30 bits per heavy atom. The maximum atomic E-state index is 2.31. The van der Waals surface area contributed by atoms with Gasteiger partial charge in [0, 0.05) is 0 Å². The van der Waals surface area contributed by atoms with Crippen LogP contribution in [0.1, 0.15) is 20.3 Å². The number of rotatable bonds is 0. The van der Waals surface area contributed by atoms with Crippen LogP contribution in [0.4, 0.5) is 0 Å². The second-order valence-corrected chi connectivity index (χ2v) is 5.83. The van der Waals surface area contributed by atoms with E-state index in [0.29, 0.717) is 5.41 Å². The first-order chi connectivity index (χ1) is 4.71. The summed E-state index contributed by atoms with van der Waals surface area (Å²) in [6, 6.07) is 0. The van der Waals surface area contributed by atoms with Crippen molar-refractivity contribution >= 4 is 23.5 Å². The first kappa shape index (κ1) is 8.79. The maximum absolute atomic E-state index is 2.31. The molecule has 0 nitrogen and oxygen atoms in total. The van der Waals surface area contributed by atoms with E-state index in [4.69, 9.17) is 0 Å². The third-order valence-corrected chi connectivity index (χ3v) is 4.69. The molecule has 2 saturated heterocycles. The van der Waals surface area contributed by atoms with E-state index in [-0.39, 0.29) is 0 Å². The predicted octanol–water partition coefficient (Wildman–Crippen LogP) is 2.88. The molecular weight excluding hydrogens is 160 g/mol. The van der Waals surface area contributed by atoms with Crippen molar-refractivity contribution in [3.63, 3.8) is 0 Å². The van der Waals surface area contributed by atoms with Gasteiger partial charge in [-0.1, -0.05) is 13.8 Å². The van der Waals surface area contributed by atoms with Crippen molar-refractivity contribution in [2.45, 2.75) is 20.3 Å². The van der Waals surface area contributed by atoms with Crippen molar-refractivity contribution in [2.24, 2.45) is 5.41 Å². The van der Waals surface area contributed by atoms with Crippen molar-refractivity contribution in [3.8, 4) is 0 Å². The predicted molar refractivity (Wildman–Crippen MR) is 53.0 cm³/mol. The molecule has 2 aliphatic heterocycles. The molecule has 0 N–H and O–H groups in total. The Morgan fingerprint density at radius 3 is 1.30 bits per heavy atom. The standard InChI is InChI=1S/C5H10S.C3H6S/c1-5(2)3-6-4-5;1-2-4-3-1/h3-4H2,1-2H3;1-3H2. The molecule has 2 rings (SSSR count). The van der Waals surface area contributed by atoms with Gasteiger partial charge >= 0.3 is 0 Å². The topological polar surface area (TPSA) is 0 Å². The van der Waals surface area contributed by atoms with E-state index in [1.54, 1.807) is 0 Å². The summed E-state index contributed by atoms with van der Waals surface area (Å²) in [5, 5.41) is 0. The van der Waals surface area contributed by atoms with Gasteiger partial charge in [-0.05, 0) is 34.8 Å². The normalized spacial score (nSPS) is 27.0. The molecule has 0 radical (unpaired) electrons. The summed E-state index contributed by atoms with van der Waals surface area (Å²) >= 11 is 4.08. The van der Waals surface area contributed by atoms with Crippen LogP contribution in [0, 0.1) is 5.41 Å². The molecule has 0 saturated carbocycles. The molecule has 0 unspecified atom stereocenters. The second-order valence-electron chi connectivity index (χ2n) is 3.62. The largest absolute Gasteiger partial charge is 0.162 e. The van der Waals surface area contributed by atoms with Gasteiger partial charge in [0.05, 0.1) is 0 Å². The Bertz CT molecular complexity index is 85.4. The minimum absolute atomic E-state index is 0.685. The zero-order chi connectivity index (χ0) is 7.45. The molecule has 0 aromatic rings. The van der Waals surface area contributed by atoms with Crippen LogP contribution < -0.4 is 0 Å². The molecule has 0 aromatic heterocycles. The molecule has 2 heteroatoms. The van der Waals surface area contributed by atoms with E-state index >= 15 is 0 Å². The van der Waals surface area contributed by atoms with Crippen LogP contribution in [0.5, 0.6) is 0 Å². The summed E-state index contributed by atoms with van der Waals surface area (Å²) in [7, 11) is 0. The first-order valence-electron chi connectivity index (χ1n) is 3.86. The van der Waals surface area contributed by atoms with Crippen LogP contribution in [-0.2, 0) is 0 Å². The lowest BCUT2D eigenvalue weighted by molar-refractivity contribution is 0.462. The molecule has 2 fully saturated rings. The van der Waals surface area contributed by atoms with Crippen LogP contribution in [0.3, 0.4) is 0 Å². The van der Waals surface area contributed by atoms with Gasteiger partial charge in [-0.2, -0.15) is 23.5 Å². The summed E-state index contributed by atoms with van der Waals surface area (Å²) in [5.74, 6) is 5.57. The van der Waals surface area contributed by atoms with Crippen LogP contribution >= 0.6 is 23.5 Å². The fraction of sp³-hybridized carbons (Fsp3) is 1.00. The van der Waals surface area contributed by atoms with Gasteiger partial charge in [-0.15, -0.1) is 0 Å². The summed E-state index contributed by atoms with van der Waals surface area (Å²) < 4.78 is 0. The van der Waals surface area contributed by atoms with E-state index in [1.165, 1.54) is 29.4 Å². The molecule has 10 heavy (non-hydrogen) atoms. The Kier molecular flexibility index (Phi) is 3.44. The average molecular weight is 176 g/mol. The van der Waals surface area contributed by atoms with Gasteiger partial charge in [-0.3, -0.25) is 0 Å². The van der Waals surface area contributed by atoms with Crippen molar-refractivity contribution in [1.29, 1.82) is 0 Å².